The number of aromatic nitrogens is 2. The lowest BCUT2D eigenvalue weighted by Gasteiger charge is -2.27. The molecule has 7 heteroatoms. The van der Waals surface area contributed by atoms with Gasteiger partial charge in [-0.1, -0.05) is 18.5 Å². The number of carbonyl (C=O) groups excluding carboxylic acids is 1. The number of hydrogen-bond donors (Lipinski definition) is 3. The minimum absolute atomic E-state index is 0.247. The molecule has 2 aliphatic rings. The third kappa shape index (κ3) is 2.47. The summed E-state index contributed by atoms with van der Waals surface area (Å²) in [6.07, 6.45) is 5.91. The summed E-state index contributed by atoms with van der Waals surface area (Å²) < 4.78 is 0. The Kier molecular flexibility index (Phi) is 3.71. The molecule has 1 spiro atoms. The number of nitrogens with zero attached hydrogens (tertiary/aromatic N) is 2. The summed E-state index contributed by atoms with van der Waals surface area (Å²) in [6, 6.07) is 7.72. The van der Waals surface area contributed by atoms with Crippen molar-refractivity contribution in [2.45, 2.75) is 31.6 Å². The number of halogens is 1. The molecule has 2 atom stereocenters. The lowest BCUT2D eigenvalue weighted by atomic mass is 9.76. The Morgan fingerprint density at radius 1 is 1.34 bits per heavy atom. The van der Waals surface area contributed by atoms with Crippen LogP contribution >= 0.6 is 11.6 Å². The first kappa shape index (κ1) is 18.0. The maximum Gasteiger partial charge on any atom is 0.223 e. The summed E-state index contributed by atoms with van der Waals surface area (Å²) in [5, 5.41) is 14.2. The lowest BCUT2D eigenvalue weighted by Crippen LogP contribution is -2.35. The number of pyridine rings is 1. The van der Waals surface area contributed by atoms with Gasteiger partial charge in [-0.15, -0.1) is 0 Å². The molecule has 3 heterocycles. The molecule has 1 saturated carbocycles. The van der Waals surface area contributed by atoms with E-state index in [-0.39, 0.29) is 11.3 Å². The van der Waals surface area contributed by atoms with Crippen LogP contribution in [0.25, 0.3) is 22.0 Å². The van der Waals surface area contributed by atoms with E-state index in [1.807, 2.05) is 25.3 Å². The number of aromatic amines is 1. The second-order valence-electron chi connectivity index (χ2n) is 8.52. The quantitative estimate of drug-likeness (QED) is 0.596. The zero-order valence-corrected chi connectivity index (χ0v) is 16.7. The third-order valence-corrected chi connectivity index (χ3v) is 7.11. The molecule has 4 N–H and O–H groups in total. The van der Waals surface area contributed by atoms with Gasteiger partial charge in [0.2, 0.25) is 5.91 Å². The number of benzene rings is 1. The number of hydrogen-bond acceptors (Lipinski definition) is 4. The summed E-state index contributed by atoms with van der Waals surface area (Å²) in [6.45, 7) is 2.64. The van der Waals surface area contributed by atoms with Crippen LogP contribution < -0.4 is 11.1 Å². The number of nitrogens with two attached hydrogens (primary N) is 1. The van der Waals surface area contributed by atoms with Gasteiger partial charge in [-0.05, 0) is 37.5 Å². The van der Waals surface area contributed by atoms with Gasteiger partial charge < -0.3 is 16.0 Å². The minimum Gasteiger partial charge on any atom is -0.369 e. The van der Waals surface area contributed by atoms with Crippen LogP contribution in [0.2, 0.25) is 5.02 Å². The number of rotatable bonds is 2. The Balaban J connectivity index is 1.67. The van der Waals surface area contributed by atoms with E-state index in [9.17, 15) is 10.1 Å². The Morgan fingerprint density at radius 2 is 2.17 bits per heavy atom. The van der Waals surface area contributed by atoms with Crippen molar-refractivity contribution in [2.75, 3.05) is 11.9 Å². The van der Waals surface area contributed by atoms with Gasteiger partial charge in [-0.2, -0.15) is 5.26 Å². The van der Waals surface area contributed by atoms with Gasteiger partial charge in [0.1, 0.15) is 5.82 Å². The molecule has 3 aromatic rings. The Bertz CT molecular complexity index is 1230. The molecule has 1 aromatic carbocycles. The smallest absolute Gasteiger partial charge is 0.223 e. The van der Waals surface area contributed by atoms with Gasteiger partial charge in [-0.3, -0.25) is 4.79 Å². The zero-order valence-electron chi connectivity index (χ0n) is 16.0. The number of nitriles is 1. The molecule has 5 rings (SSSR count). The lowest BCUT2D eigenvalue weighted by molar-refractivity contribution is -0.126. The number of H-pyrrole nitrogens is 1. The van der Waals surface area contributed by atoms with Crippen molar-refractivity contribution in [3.63, 3.8) is 0 Å². The van der Waals surface area contributed by atoms with E-state index < -0.39 is 5.41 Å². The highest BCUT2D eigenvalue weighted by Gasteiger charge is 2.53. The summed E-state index contributed by atoms with van der Waals surface area (Å²) in [7, 11) is 0. The first-order valence-corrected chi connectivity index (χ1v) is 9.99. The fraction of sp³-hybridized carbons (Fsp3) is 0.318. The topological polar surface area (TPSA) is 108 Å². The molecule has 1 aliphatic carbocycles. The Labute approximate surface area is 173 Å². The minimum atomic E-state index is -0.537. The van der Waals surface area contributed by atoms with Crippen LogP contribution in [0.1, 0.15) is 37.3 Å². The van der Waals surface area contributed by atoms with Crippen LogP contribution in [0.5, 0.6) is 0 Å². The first-order valence-electron chi connectivity index (χ1n) is 9.61. The molecule has 1 amide bonds. The Hall–Kier alpha value is -3.04. The van der Waals surface area contributed by atoms with Gasteiger partial charge in [0.15, 0.2) is 0 Å². The molecular formula is C22H20ClN5O. The number of primary amides is 1. The highest BCUT2D eigenvalue weighted by Crippen LogP contribution is 2.57. The van der Waals surface area contributed by atoms with Crippen LogP contribution in [0.15, 0.2) is 30.6 Å². The number of amides is 1. The van der Waals surface area contributed by atoms with Crippen LogP contribution in [-0.2, 0) is 10.2 Å². The molecule has 0 unspecified atom stereocenters. The average molecular weight is 406 g/mol. The van der Waals surface area contributed by atoms with E-state index >= 15 is 0 Å². The third-order valence-electron chi connectivity index (χ3n) is 6.72. The number of carbonyl (C=O) groups is 1. The van der Waals surface area contributed by atoms with Crippen molar-refractivity contribution in [2.24, 2.45) is 11.1 Å². The molecule has 1 fully saturated rings. The average Bonchev–Trinajstić information content (AvgIpc) is 3.39. The molecule has 0 radical (unpaired) electrons. The van der Waals surface area contributed by atoms with E-state index in [0.717, 1.165) is 46.3 Å². The van der Waals surface area contributed by atoms with Crippen LogP contribution in [0.3, 0.4) is 0 Å². The summed E-state index contributed by atoms with van der Waals surface area (Å²) in [5.74, 6) is 0.522. The SMILES string of the molecule is C[C@@]1(C(N)=O)CC[C@]2(CNc3ncc(-c4c[nH]c5ccc(C#N)cc45)c(Cl)c32)C1. The predicted octanol–water partition coefficient (Wildman–Crippen LogP) is 4.09. The summed E-state index contributed by atoms with van der Waals surface area (Å²) in [4.78, 5) is 19.9. The predicted molar refractivity (Wildman–Crippen MR) is 113 cm³/mol. The molecule has 6 nitrogen and oxygen atoms in total. The fourth-order valence-corrected chi connectivity index (χ4v) is 5.50. The second kappa shape index (κ2) is 5.98. The van der Waals surface area contributed by atoms with Crippen LogP contribution in [0, 0.1) is 16.7 Å². The van der Waals surface area contributed by atoms with E-state index in [4.69, 9.17) is 17.3 Å². The molecular weight excluding hydrogens is 386 g/mol. The van der Waals surface area contributed by atoms with Crippen LogP contribution in [-0.4, -0.2) is 22.4 Å². The summed E-state index contributed by atoms with van der Waals surface area (Å²) >= 11 is 6.99. The number of fused-ring (bicyclic) bond motifs is 3. The number of anilines is 1. The van der Waals surface area contributed by atoms with Gasteiger partial charge in [-0.25, -0.2) is 4.98 Å². The van der Waals surface area contributed by atoms with E-state index in [1.54, 1.807) is 12.3 Å². The Morgan fingerprint density at radius 3 is 2.90 bits per heavy atom. The molecule has 1 aliphatic heterocycles. The largest absolute Gasteiger partial charge is 0.369 e. The molecule has 2 aromatic heterocycles. The van der Waals surface area contributed by atoms with Gasteiger partial charge >= 0.3 is 0 Å². The zero-order chi connectivity index (χ0) is 20.4. The van der Waals surface area contributed by atoms with E-state index in [1.165, 1.54) is 0 Å². The van der Waals surface area contributed by atoms with Crippen LogP contribution in [0.4, 0.5) is 5.82 Å². The standard InChI is InChI=1S/C22H20ClN5O/c1-21(20(25)29)4-5-22(10-21)11-28-19-17(22)18(23)15(9-27-19)14-8-26-16-3-2-12(7-24)6-13(14)16/h2-3,6,8-9,26H,4-5,10-11H2,1H3,(H2,25,29)(H,27,28)/t21-,22-/m1/s1. The van der Waals surface area contributed by atoms with Gasteiger partial charge in [0.05, 0.1) is 16.7 Å². The first-order chi connectivity index (χ1) is 13.9. The fourth-order valence-electron chi connectivity index (χ4n) is 5.06. The monoisotopic (exact) mass is 405 g/mol. The van der Waals surface area contributed by atoms with Gasteiger partial charge in [0, 0.05) is 57.4 Å². The molecule has 0 bridgehead atoms. The van der Waals surface area contributed by atoms with Gasteiger partial charge in [0.25, 0.3) is 0 Å². The maximum atomic E-state index is 12.0. The van der Waals surface area contributed by atoms with Crippen molar-refractivity contribution in [1.82, 2.24) is 9.97 Å². The van der Waals surface area contributed by atoms with Crippen molar-refractivity contribution in [3.8, 4) is 17.2 Å². The van der Waals surface area contributed by atoms with E-state index in [0.29, 0.717) is 23.6 Å². The van der Waals surface area contributed by atoms with E-state index in [2.05, 4.69) is 21.4 Å². The highest BCUT2D eigenvalue weighted by molar-refractivity contribution is 6.35. The maximum absolute atomic E-state index is 12.0. The second-order valence-corrected chi connectivity index (χ2v) is 8.90. The normalized spacial score (nSPS) is 25.1. The molecule has 29 heavy (non-hydrogen) atoms. The number of nitrogens with one attached hydrogen (secondary N) is 2. The highest BCUT2D eigenvalue weighted by atomic mass is 35.5. The van der Waals surface area contributed by atoms with Crippen molar-refractivity contribution in [1.29, 1.82) is 5.26 Å². The summed E-state index contributed by atoms with van der Waals surface area (Å²) in [5.41, 5.74) is 9.16. The van der Waals surface area contributed by atoms with Crippen molar-refractivity contribution >= 4 is 34.2 Å². The molecule has 0 saturated heterocycles. The molecule has 146 valence electrons. The van der Waals surface area contributed by atoms with Crippen molar-refractivity contribution < 1.29 is 4.79 Å². The van der Waals surface area contributed by atoms with Crippen molar-refractivity contribution in [3.05, 3.63) is 46.7 Å².